The molecular formula is C13H14N4O. The van der Waals surface area contributed by atoms with Gasteiger partial charge in [0.2, 0.25) is 0 Å². The van der Waals surface area contributed by atoms with Gasteiger partial charge in [0.05, 0.1) is 11.9 Å². The maximum Gasteiger partial charge on any atom is 0.276 e. The Kier molecular flexibility index (Phi) is 2.80. The number of amides is 1. The highest BCUT2D eigenvalue weighted by Gasteiger charge is 2.22. The molecule has 2 aromatic rings. The fourth-order valence-corrected chi connectivity index (χ4v) is 2.13. The summed E-state index contributed by atoms with van der Waals surface area (Å²) in [5.41, 5.74) is 1.28. The van der Waals surface area contributed by atoms with E-state index in [1.54, 1.807) is 0 Å². The molecule has 0 radical (unpaired) electrons. The third kappa shape index (κ3) is 1.99. The Morgan fingerprint density at radius 3 is 2.56 bits per heavy atom. The lowest BCUT2D eigenvalue weighted by Gasteiger charge is -2.12. The van der Waals surface area contributed by atoms with E-state index in [2.05, 4.69) is 10.2 Å². The third-order valence-corrected chi connectivity index (χ3v) is 3.09. The molecule has 2 heterocycles. The summed E-state index contributed by atoms with van der Waals surface area (Å²) in [5.74, 6) is -0.0188. The maximum atomic E-state index is 12.1. The van der Waals surface area contributed by atoms with E-state index in [0.717, 1.165) is 31.6 Å². The first-order valence-electron chi connectivity index (χ1n) is 6.11. The highest BCUT2D eigenvalue weighted by molar-refractivity contribution is 5.92. The SMILES string of the molecule is O=C(c1cnn(-c2ccccc2)n1)N1CCCC1. The lowest BCUT2D eigenvalue weighted by Crippen LogP contribution is -2.28. The lowest BCUT2D eigenvalue weighted by atomic mass is 10.3. The van der Waals surface area contributed by atoms with Gasteiger partial charge >= 0.3 is 0 Å². The summed E-state index contributed by atoms with van der Waals surface area (Å²) < 4.78 is 0. The van der Waals surface area contributed by atoms with Crippen molar-refractivity contribution in [2.24, 2.45) is 0 Å². The zero-order valence-electron chi connectivity index (χ0n) is 9.99. The van der Waals surface area contributed by atoms with Gasteiger partial charge in [0, 0.05) is 13.1 Å². The van der Waals surface area contributed by atoms with Crippen LogP contribution in [0, 0.1) is 0 Å². The van der Waals surface area contributed by atoms with Crippen molar-refractivity contribution in [2.75, 3.05) is 13.1 Å². The van der Waals surface area contributed by atoms with Gasteiger partial charge in [-0.1, -0.05) is 18.2 Å². The van der Waals surface area contributed by atoms with E-state index in [1.807, 2.05) is 35.2 Å². The normalized spacial score (nSPS) is 15.0. The largest absolute Gasteiger partial charge is 0.337 e. The molecule has 0 unspecified atom stereocenters. The summed E-state index contributed by atoms with van der Waals surface area (Å²) >= 11 is 0. The van der Waals surface area contributed by atoms with Crippen LogP contribution in [0.2, 0.25) is 0 Å². The van der Waals surface area contributed by atoms with E-state index in [4.69, 9.17) is 0 Å². The van der Waals surface area contributed by atoms with Crippen LogP contribution in [0.5, 0.6) is 0 Å². The molecule has 0 bridgehead atoms. The van der Waals surface area contributed by atoms with Gasteiger partial charge in [-0.25, -0.2) is 0 Å². The van der Waals surface area contributed by atoms with E-state index < -0.39 is 0 Å². The second kappa shape index (κ2) is 4.60. The number of rotatable bonds is 2. The molecule has 1 amide bonds. The van der Waals surface area contributed by atoms with E-state index in [9.17, 15) is 4.79 Å². The molecule has 1 aliphatic rings. The van der Waals surface area contributed by atoms with Gasteiger partial charge in [-0.2, -0.15) is 9.90 Å². The zero-order valence-corrected chi connectivity index (χ0v) is 9.99. The van der Waals surface area contributed by atoms with Gasteiger partial charge in [-0.15, -0.1) is 5.10 Å². The number of hydrogen-bond donors (Lipinski definition) is 0. The molecule has 92 valence electrons. The predicted octanol–water partition coefficient (Wildman–Crippen LogP) is 1.50. The first-order valence-corrected chi connectivity index (χ1v) is 6.11. The Bertz CT molecular complexity index is 543. The Hall–Kier alpha value is -2.17. The molecule has 0 N–H and O–H groups in total. The molecule has 1 aromatic carbocycles. The van der Waals surface area contributed by atoms with Crippen molar-refractivity contribution in [3.8, 4) is 5.69 Å². The van der Waals surface area contributed by atoms with E-state index >= 15 is 0 Å². The first-order chi connectivity index (χ1) is 8.84. The number of likely N-dealkylation sites (tertiary alicyclic amines) is 1. The fourth-order valence-electron chi connectivity index (χ4n) is 2.13. The average molecular weight is 242 g/mol. The molecular weight excluding hydrogens is 228 g/mol. The van der Waals surface area contributed by atoms with Crippen LogP contribution in [0.4, 0.5) is 0 Å². The highest BCUT2D eigenvalue weighted by Crippen LogP contribution is 2.12. The van der Waals surface area contributed by atoms with Crippen molar-refractivity contribution < 1.29 is 4.79 Å². The number of benzene rings is 1. The van der Waals surface area contributed by atoms with Crippen LogP contribution in [0.25, 0.3) is 5.69 Å². The number of carbonyl (C=O) groups excluding carboxylic acids is 1. The van der Waals surface area contributed by atoms with Crippen LogP contribution in [-0.2, 0) is 0 Å². The topological polar surface area (TPSA) is 51.0 Å². The molecule has 0 atom stereocenters. The van der Waals surface area contributed by atoms with Crippen LogP contribution in [-0.4, -0.2) is 38.9 Å². The molecule has 1 saturated heterocycles. The van der Waals surface area contributed by atoms with Crippen molar-refractivity contribution in [1.82, 2.24) is 19.9 Å². The molecule has 1 fully saturated rings. The van der Waals surface area contributed by atoms with Crippen LogP contribution >= 0.6 is 0 Å². The summed E-state index contributed by atoms with van der Waals surface area (Å²) in [6, 6.07) is 9.58. The molecule has 5 nitrogen and oxygen atoms in total. The number of carbonyl (C=O) groups is 1. The number of hydrogen-bond acceptors (Lipinski definition) is 3. The second-order valence-electron chi connectivity index (χ2n) is 4.35. The van der Waals surface area contributed by atoms with E-state index in [-0.39, 0.29) is 5.91 Å². The Labute approximate surface area is 105 Å². The van der Waals surface area contributed by atoms with Gasteiger partial charge in [-0.05, 0) is 25.0 Å². The predicted molar refractivity (Wildman–Crippen MR) is 66.5 cm³/mol. The fraction of sp³-hybridized carbons (Fsp3) is 0.308. The van der Waals surface area contributed by atoms with Gasteiger partial charge in [0.25, 0.3) is 5.91 Å². The van der Waals surface area contributed by atoms with Crippen molar-refractivity contribution >= 4 is 5.91 Å². The lowest BCUT2D eigenvalue weighted by molar-refractivity contribution is 0.0786. The number of para-hydroxylation sites is 1. The minimum absolute atomic E-state index is 0.0188. The standard InChI is InChI=1S/C13H14N4O/c18-13(16-8-4-5-9-16)12-10-14-17(15-12)11-6-2-1-3-7-11/h1-3,6-7,10H,4-5,8-9H2. The van der Waals surface area contributed by atoms with Crippen LogP contribution in [0.3, 0.4) is 0 Å². The molecule has 0 spiro atoms. The summed E-state index contributed by atoms with van der Waals surface area (Å²) in [7, 11) is 0. The molecule has 1 aliphatic heterocycles. The second-order valence-corrected chi connectivity index (χ2v) is 4.35. The Balaban J connectivity index is 1.83. The number of aromatic nitrogens is 3. The van der Waals surface area contributed by atoms with Gasteiger partial charge < -0.3 is 4.90 Å². The monoisotopic (exact) mass is 242 g/mol. The molecule has 18 heavy (non-hydrogen) atoms. The van der Waals surface area contributed by atoms with Crippen molar-refractivity contribution in [1.29, 1.82) is 0 Å². The average Bonchev–Trinajstić information content (AvgIpc) is 3.10. The Morgan fingerprint density at radius 2 is 1.83 bits per heavy atom. The van der Waals surface area contributed by atoms with Crippen LogP contribution in [0.1, 0.15) is 23.3 Å². The third-order valence-electron chi connectivity index (χ3n) is 3.09. The molecule has 0 aliphatic carbocycles. The van der Waals surface area contributed by atoms with Crippen LogP contribution in [0.15, 0.2) is 36.5 Å². The minimum atomic E-state index is -0.0188. The first kappa shape index (κ1) is 11.0. The quantitative estimate of drug-likeness (QED) is 0.802. The molecule has 5 heteroatoms. The summed E-state index contributed by atoms with van der Waals surface area (Å²) in [6.07, 6.45) is 3.70. The summed E-state index contributed by atoms with van der Waals surface area (Å²) in [5, 5.41) is 8.38. The van der Waals surface area contributed by atoms with Gasteiger partial charge in [-0.3, -0.25) is 4.79 Å². The summed E-state index contributed by atoms with van der Waals surface area (Å²) in [6.45, 7) is 1.66. The van der Waals surface area contributed by atoms with Crippen molar-refractivity contribution in [3.63, 3.8) is 0 Å². The van der Waals surface area contributed by atoms with Gasteiger partial charge in [0.1, 0.15) is 0 Å². The van der Waals surface area contributed by atoms with Crippen molar-refractivity contribution in [3.05, 3.63) is 42.2 Å². The van der Waals surface area contributed by atoms with Crippen LogP contribution < -0.4 is 0 Å². The summed E-state index contributed by atoms with van der Waals surface area (Å²) in [4.78, 5) is 15.4. The van der Waals surface area contributed by atoms with Crippen molar-refractivity contribution in [2.45, 2.75) is 12.8 Å². The van der Waals surface area contributed by atoms with Gasteiger partial charge in [0.15, 0.2) is 5.69 Å². The smallest absolute Gasteiger partial charge is 0.276 e. The van der Waals surface area contributed by atoms with E-state index in [1.165, 1.54) is 11.0 Å². The number of nitrogens with zero attached hydrogens (tertiary/aromatic N) is 4. The molecule has 3 rings (SSSR count). The molecule has 1 aromatic heterocycles. The highest BCUT2D eigenvalue weighted by atomic mass is 16.2. The van der Waals surface area contributed by atoms with E-state index in [0.29, 0.717) is 5.69 Å². The molecule has 0 saturated carbocycles. The zero-order chi connectivity index (χ0) is 12.4. The Morgan fingerprint density at radius 1 is 1.11 bits per heavy atom. The maximum absolute atomic E-state index is 12.1. The minimum Gasteiger partial charge on any atom is -0.337 e.